The van der Waals surface area contributed by atoms with Gasteiger partial charge in [0.2, 0.25) is 0 Å². The molecule has 0 unspecified atom stereocenters. The highest BCUT2D eigenvalue weighted by Crippen LogP contribution is 2.31. The molecule has 0 radical (unpaired) electrons. The van der Waals surface area contributed by atoms with E-state index in [-0.39, 0.29) is 18.2 Å². The molecule has 1 N–H and O–H groups in total. The van der Waals surface area contributed by atoms with Gasteiger partial charge in [0.25, 0.3) is 0 Å². The highest BCUT2D eigenvalue weighted by molar-refractivity contribution is 5.75. The van der Waals surface area contributed by atoms with Crippen LogP contribution in [0.25, 0.3) is 0 Å². The summed E-state index contributed by atoms with van der Waals surface area (Å²) in [6.45, 7) is 1.35. The van der Waals surface area contributed by atoms with Crippen LogP contribution in [0, 0.1) is 0 Å². The molecule has 5 heteroatoms. The summed E-state index contributed by atoms with van der Waals surface area (Å²) < 4.78 is 5.90. The van der Waals surface area contributed by atoms with Gasteiger partial charge in [-0.25, -0.2) is 4.79 Å². The third-order valence-electron chi connectivity index (χ3n) is 4.80. The van der Waals surface area contributed by atoms with Gasteiger partial charge >= 0.3 is 6.03 Å². The fourth-order valence-corrected chi connectivity index (χ4v) is 3.57. The van der Waals surface area contributed by atoms with E-state index in [1.165, 1.54) is 11.1 Å². The molecule has 2 aliphatic rings. The maximum atomic E-state index is 12.6. The molecular weight excluding hydrogens is 302 g/mol. The zero-order valence-electron chi connectivity index (χ0n) is 13.5. The molecule has 24 heavy (non-hydrogen) atoms. The summed E-state index contributed by atoms with van der Waals surface area (Å²) in [5, 5.41) is 3.18. The average Bonchev–Trinajstić information content (AvgIpc) is 3.24. The lowest BCUT2D eigenvalue weighted by Crippen LogP contribution is -2.40. The predicted octanol–water partition coefficient (Wildman–Crippen LogP) is 2.93. The molecule has 0 saturated carbocycles. The van der Waals surface area contributed by atoms with Crippen molar-refractivity contribution in [3.8, 4) is 5.75 Å². The SMILES string of the molecule is O=C(N[C@@H]1CCc2ccccc21)N1CC[C@@H](Oc2cccnc2)C1. The average molecular weight is 323 g/mol. The summed E-state index contributed by atoms with van der Waals surface area (Å²) in [7, 11) is 0. The molecule has 2 aromatic rings. The number of aryl methyl sites for hydroxylation is 1. The first-order valence-corrected chi connectivity index (χ1v) is 8.49. The Morgan fingerprint density at radius 2 is 2.12 bits per heavy atom. The minimum Gasteiger partial charge on any atom is -0.487 e. The van der Waals surface area contributed by atoms with E-state index in [0.29, 0.717) is 6.54 Å². The number of nitrogens with one attached hydrogen (secondary N) is 1. The molecule has 2 atom stereocenters. The second kappa shape index (κ2) is 6.51. The minimum absolute atomic E-state index is 0.00832. The second-order valence-corrected chi connectivity index (χ2v) is 6.40. The number of hydrogen-bond donors (Lipinski definition) is 1. The van der Waals surface area contributed by atoms with Crippen molar-refractivity contribution < 1.29 is 9.53 Å². The number of rotatable bonds is 3. The minimum atomic E-state index is 0.00832. The standard InChI is InChI=1S/C19H21N3O2/c23-19(21-18-8-7-14-4-1-2-6-17(14)18)22-11-9-16(13-22)24-15-5-3-10-20-12-15/h1-6,10,12,16,18H,7-9,11,13H2,(H,21,23)/t16-,18-/m1/s1. The van der Waals surface area contributed by atoms with Gasteiger partial charge in [-0.2, -0.15) is 0 Å². The first-order chi connectivity index (χ1) is 11.8. The summed E-state index contributed by atoms with van der Waals surface area (Å²) in [6, 6.07) is 12.2. The van der Waals surface area contributed by atoms with Crippen molar-refractivity contribution in [1.29, 1.82) is 0 Å². The zero-order chi connectivity index (χ0) is 16.4. The number of urea groups is 1. The number of carbonyl (C=O) groups is 1. The van der Waals surface area contributed by atoms with Crippen molar-refractivity contribution >= 4 is 6.03 Å². The molecule has 1 aliphatic heterocycles. The first-order valence-electron chi connectivity index (χ1n) is 8.49. The van der Waals surface area contributed by atoms with Crippen LogP contribution in [0.3, 0.4) is 0 Å². The Bertz CT molecular complexity index is 720. The Morgan fingerprint density at radius 3 is 3.00 bits per heavy atom. The molecule has 2 amide bonds. The van der Waals surface area contributed by atoms with E-state index >= 15 is 0 Å². The summed E-state index contributed by atoms with van der Waals surface area (Å²) in [5.41, 5.74) is 2.61. The van der Waals surface area contributed by atoms with Crippen LogP contribution in [0.1, 0.15) is 30.0 Å². The number of hydrogen-bond acceptors (Lipinski definition) is 3. The quantitative estimate of drug-likeness (QED) is 0.945. The van der Waals surface area contributed by atoms with Crippen LogP contribution in [-0.2, 0) is 6.42 Å². The number of ether oxygens (including phenoxy) is 1. The molecule has 0 spiro atoms. The molecule has 1 aliphatic carbocycles. The van der Waals surface area contributed by atoms with Gasteiger partial charge < -0.3 is 15.0 Å². The smallest absolute Gasteiger partial charge is 0.318 e. The summed E-state index contributed by atoms with van der Waals surface area (Å²) in [4.78, 5) is 18.5. The Balaban J connectivity index is 1.33. The maximum absolute atomic E-state index is 12.6. The summed E-state index contributed by atoms with van der Waals surface area (Å²) in [5.74, 6) is 0.759. The largest absolute Gasteiger partial charge is 0.487 e. The Kier molecular flexibility index (Phi) is 4.07. The number of aromatic nitrogens is 1. The van der Waals surface area contributed by atoms with Gasteiger partial charge in [0.15, 0.2) is 0 Å². The van der Waals surface area contributed by atoms with E-state index in [9.17, 15) is 4.79 Å². The van der Waals surface area contributed by atoms with Crippen LogP contribution in [0.5, 0.6) is 5.75 Å². The molecule has 5 nitrogen and oxygen atoms in total. The lowest BCUT2D eigenvalue weighted by atomic mass is 10.1. The van der Waals surface area contributed by atoms with Crippen molar-refractivity contribution in [2.24, 2.45) is 0 Å². The van der Waals surface area contributed by atoms with E-state index in [1.807, 2.05) is 23.1 Å². The topological polar surface area (TPSA) is 54.5 Å². The number of benzene rings is 1. The van der Waals surface area contributed by atoms with E-state index < -0.39 is 0 Å². The maximum Gasteiger partial charge on any atom is 0.318 e. The van der Waals surface area contributed by atoms with Crippen LogP contribution in [0.2, 0.25) is 0 Å². The Morgan fingerprint density at radius 1 is 1.21 bits per heavy atom. The lowest BCUT2D eigenvalue weighted by Gasteiger charge is -2.21. The summed E-state index contributed by atoms with van der Waals surface area (Å²) in [6.07, 6.45) is 6.33. The third kappa shape index (κ3) is 3.07. The van der Waals surface area contributed by atoms with Crippen molar-refractivity contribution in [3.05, 3.63) is 59.9 Å². The highest BCUT2D eigenvalue weighted by Gasteiger charge is 2.30. The monoisotopic (exact) mass is 323 g/mol. The highest BCUT2D eigenvalue weighted by atomic mass is 16.5. The fraction of sp³-hybridized carbons (Fsp3) is 0.368. The fourth-order valence-electron chi connectivity index (χ4n) is 3.57. The Labute approximate surface area is 141 Å². The normalized spacial score (nSPS) is 22.2. The van der Waals surface area contributed by atoms with Crippen LogP contribution in [0.4, 0.5) is 4.79 Å². The first kappa shape index (κ1) is 15.0. The van der Waals surface area contributed by atoms with Crippen LogP contribution < -0.4 is 10.1 Å². The number of amides is 2. The zero-order valence-corrected chi connectivity index (χ0v) is 13.5. The molecular formula is C19H21N3O2. The van der Waals surface area contributed by atoms with Crippen molar-refractivity contribution in [2.75, 3.05) is 13.1 Å². The molecule has 1 fully saturated rings. The molecule has 1 aromatic heterocycles. The number of pyridine rings is 1. The van der Waals surface area contributed by atoms with Crippen LogP contribution >= 0.6 is 0 Å². The molecule has 4 rings (SSSR count). The molecule has 1 saturated heterocycles. The third-order valence-corrected chi connectivity index (χ3v) is 4.80. The van der Waals surface area contributed by atoms with E-state index in [4.69, 9.17) is 4.74 Å². The van der Waals surface area contributed by atoms with E-state index in [1.54, 1.807) is 12.4 Å². The van der Waals surface area contributed by atoms with Crippen molar-refractivity contribution in [2.45, 2.75) is 31.4 Å². The summed E-state index contributed by atoms with van der Waals surface area (Å²) >= 11 is 0. The van der Waals surface area contributed by atoms with E-state index in [2.05, 4.69) is 28.5 Å². The van der Waals surface area contributed by atoms with Gasteiger partial charge in [-0.3, -0.25) is 4.98 Å². The number of fused-ring (bicyclic) bond motifs is 1. The van der Waals surface area contributed by atoms with Gasteiger partial charge in [-0.1, -0.05) is 24.3 Å². The van der Waals surface area contributed by atoms with Gasteiger partial charge in [0.05, 0.1) is 18.8 Å². The second-order valence-electron chi connectivity index (χ2n) is 6.40. The van der Waals surface area contributed by atoms with Crippen molar-refractivity contribution in [3.63, 3.8) is 0 Å². The number of carbonyl (C=O) groups excluding carboxylic acids is 1. The Hall–Kier alpha value is -2.56. The van der Waals surface area contributed by atoms with Crippen LogP contribution in [-0.4, -0.2) is 35.1 Å². The predicted molar refractivity (Wildman–Crippen MR) is 90.9 cm³/mol. The van der Waals surface area contributed by atoms with Crippen molar-refractivity contribution in [1.82, 2.24) is 15.2 Å². The van der Waals surface area contributed by atoms with E-state index in [0.717, 1.165) is 31.6 Å². The van der Waals surface area contributed by atoms with Gasteiger partial charge in [0, 0.05) is 19.2 Å². The van der Waals surface area contributed by atoms with Gasteiger partial charge in [-0.05, 0) is 36.1 Å². The van der Waals surface area contributed by atoms with Gasteiger partial charge in [-0.15, -0.1) is 0 Å². The molecule has 2 heterocycles. The molecule has 124 valence electrons. The van der Waals surface area contributed by atoms with Crippen LogP contribution in [0.15, 0.2) is 48.8 Å². The lowest BCUT2D eigenvalue weighted by molar-refractivity contribution is 0.184. The number of likely N-dealkylation sites (tertiary alicyclic amines) is 1. The molecule has 1 aromatic carbocycles. The number of nitrogens with zero attached hydrogens (tertiary/aromatic N) is 2. The molecule has 0 bridgehead atoms. The van der Waals surface area contributed by atoms with Gasteiger partial charge in [0.1, 0.15) is 11.9 Å².